The molecule has 3 aromatic rings. The normalized spacial score (nSPS) is 10.5. The molecule has 0 aliphatic rings. The number of nitrogens with zero attached hydrogens (tertiary/aromatic N) is 4. The van der Waals surface area contributed by atoms with Crippen molar-refractivity contribution < 1.29 is 0 Å². The van der Waals surface area contributed by atoms with Crippen LogP contribution in [0.4, 0.5) is 5.82 Å². The molecular formula is C15H12ClN5. The molecule has 0 saturated carbocycles. The lowest BCUT2D eigenvalue weighted by Crippen LogP contribution is -2.06. The van der Waals surface area contributed by atoms with E-state index < -0.39 is 0 Å². The smallest absolute Gasteiger partial charge is 0.176 e. The van der Waals surface area contributed by atoms with Crippen LogP contribution < -0.4 is 5.32 Å². The Kier molecular flexibility index (Phi) is 3.46. The molecule has 0 bridgehead atoms. The highest BCUT2D eigenvalue weighted by Crippen LogP contribution is 2.19. The summed E-state index contributed by atoms with van der Waals surface area (Å²) in [6.45, 7) is 2.69. The van der Waals surface area contributed by atoms with Crippen molar-refractivity contribution in [1.82, 2.24) is 14.6 Å². The summed E-state index contributed by atoms with van der Waals surface area (Å²) in [7, 11) is 0. The van der Waals surface area contributed by atoms with Crippen LogP contribution >= 0.6 is 11.6 Å². The third-order valence-electron chi connectivity index (χ3n) is 3.12. The zero-order valence-corrected chi connectivity index (χ0v) is 12.1. The molecule has 0 fully saturated rings. The Morgan fingerprint density at radius 2 is 2.24 bits per heavy atom. The van der Waals surface area contributed by atoms with Gasteiger partial charge in [-0.15, -0.1) is 0 Å². The van der Waals surface area contributed by atoms with Crippen molar-refractivity contribution in [2.45, 2.75) is 13.5 Å². The van der Waals surface area contributed by atoms with Gasteiger partial charge >= 0.3 is 0 Å². The van der Waals surface area contributed by atoms with E-state index in [1.807, 2.05) is 12.1 Å². The van der Waals surface area contributed by atoms with Crippen molar-refractivity contribution in [3.63, 3.8) is 0 Å². The maximum atomic E-state index is 9.04. The largest absolute Gasteiger partial charge is 0.366 e. The third-order valence-corrected chi connectivity index (χ3v) is 3.31. The Morgan fingerprint density at radius 1 is 1.38 bits per heavy atom. The van der Waals surface area contributed by atoms with Crippen LogP contribution in [-0.2, 0) is 6.54 Å². The average molecular weight is 298 g/mol. The van der Waals surface area contributed by atoms with Crippen molar-refractivity contribution in [2.75, 3.05) is 5.32 Å². The van der Waals surface area contributed by atoms with Crippen LogP contribution in [-0.4, -0.2) is 14.6 Å². The second-order valence-electron chi connectivity index (χ2n) is 4.71. The van der Waals surface area contributed by atoms with Crippen LogP contribution in [0.3, 0.4) is 0 Å². The second kappa shape index (κ2) is 5.43. The van der Waals surface area contributed by atoms with E-state index in [2.05, 4.69) is 40.5 Å². The third kappa shape index (κ3) is 2.67. The highest BCUT2D eigenvalue weighted by atomic mass is 35.5. The Hall–Kier alpha value is -2.58. The van der Waals surface area contributed by atoms with E-state index in [4.69, 9.17) is 16.9 Å². The molecule has 21 heavy (non-hydrogen) atoms. The Morgan fingerprint density at radius 3 is 3.00 bits per heavy atom. The zero-order chi connectivity index (χ0) is 14.8. The molecule has 0 saturated heterocycles. The summed E-state index contributed by atoms with van der Waals surface area (Å²) >= 11 is 6.02. The first-order valence-electron chi connectivity index (χ1n) is 6.41. The van der Waals surface area contributed by atoms with Crippen LogP contribution in [0.1, 0.15) is 16.7 Å². The summed E-state index contributed by atoms with van der Waals surface area (Å²) in [5.41, 5.74) is 3.22. The molecule has 3 rings (SSSR count). The molecule has 0 unspecified atom stereocenters. The van der Waals surface area contributed by atoms with Gasteiger partial charge in [-0.3, -0.25) is 0 Å². The summed E-state index contributed by atoms with van der Waals surface area (Å²) < 4.78 is 1.58. The highest BCUT2D eigenvalue weighted by molar-refractivity contribution is 6.29. The summed E-state index contributed by atoms with van der Waals surface area (Å²) in [5, 5.41) is 16.8. The van der Waals surface area contributed by atoms with E-state index in [0.29, 0.717) is 28.7 Å². The number of fused-ring (bicyclic) bond motifs is 1. The van der Waals surface area contributed by atoms with Gasteiger partial charge in [0.2, 0.25) is 0 Å². The number of nitriles is 1. The standard InChI is InChI=1S/C15H12ClN5/c1-10-3-2-4-11(5-10)8-18-14-6-13(16)20-15-12(7-17)9-19-21(14)15/h2-6,9,18H,8H2,1H3. The van der Waals surface area contributed by atoms with Gasteiger partial charge in [-0.25, -0.2) is 4.98 Å². The minimum absolute atomic E-state index is 0.325. The maximum absolute atomic E-state index is 9.04. The zero-order valence-electron chi connectivity index (χ0n) is 11.3. The lowest BCUT2D eigenvalue weighted by Gasteiger charge is -2.09. The molecule has 0 spiro atoms. The first-order valence-corrected chi connectivity index (χ1v) is 6.79. The summed E-state index contributed by atoms with van der Waals surface area (Å²) in [4.78, 5) is 4.14. The average Bonchev–Trinajstić information content (AvgIpc) is 2.87. The number of halogens is 1. The fourth-order valence-corrected chi connectivity index (χ4v) is 2.34. The van der Waals surface area contributed by atoms with Gasteiger partial charge in [0, 0.05) is 12.6 Å². The first-order chi connectivity index (χ1) is 10.2. The Bertz CT molecular complexity index is 847. The predicted molar refractivity (Wildman–Crippen MR) is 81.2 cm³/mol. The molecule has 104 valence electrons. The van der Waals surface area contributed by atoms with E-state index in [0.717, 1.165) is 5.56 Å². The minimum atomic E-state index is 0.325. The number of rotatable bonds is 3. The first kappa shape index (κ1) is 13.4. The summed E-state index contributed by atoms with van der Waals surface area (Å²) in [6, 6.07) is 12.0. The maximum Gasteiger partial charge on any atom is 0.176 e. The van der Waals surface area contributed by atoms with Crippen molar-refractivity contribution in [3.8, 4) is 6.07 Å². The van der Waals surface area contributed by atoms with Gasteiger partial charge in [0.05, 0.1) is 6.20 Å². The molecule has 6 heteroatoms. The number of aryl methyl sites for hydroxylation is 1. The second-order valence-corrected chi connectivity index (χ2v) is 5.10. The van der Waals surface area contributed by atoms with Gasteiger partial charge in [-0.2, -0.15) is 14.9 Å². The quantitative estimate of drug-likeness (QED) is 0.754. The van der Waals surface area contributed by atoms with Gasteiger partial charge in [0.15, 0.2) is 5.65 Å². The molecule has 0 aliphatic heterocycles. The number of aromatic nitrogens is 3. The Balaban J connectivity index is 1.94. The van der Waals surface area contributed by atoms with Crippen molar-refractivity contribution >= 4 is 23.1 Å². The molecule has 0 radical (unpaired) electrons. The summed E-state index contributed by atoms with van der Waals surface area (Å²) in [6.07, 6.45) is 1.48. The van der Waals surface area contributed by atoms with Gasteiger partial charge < -0.3 is 5.32 Å². The van der Waals surface area contributed by atoms with Crippen molar-refractivity contribution in [1.29, 1.82) is 5.26 Å². The van der Waals surface area contributed by atoms with Gasteiger partial charge in [0.25, 0.3) is 0 Å². The minimum Gasteiger partial charge on any atom is -0.366 e. The number of hydrogen-bond donors (Lipinski definition) is 1. The van der Waals surface area contributed by atoms with Crippen LogP contribution in [0.15, 0.2) is 36.5 Å². The molecule has 5 nitrogen and oxygen atoms in total. The summed E-state index contributed by atoms with van der Waals surface area (Å²) in [5.74, 6) is 0.702. The lowest BCUT2D eigenvalue weighted by atomic mass is 10.1. The molecule has 2 aromatic heterocycles. The van der Waals surface area contributed by atoms with Crippen molar-refractivity contribution in [3.05, 3.63) is 58.4 Å². The number of benzene rings is 1. The molecule has 0 amide bonds. The van der Waals surface area contributed by atoms with Crippen LogP contribution in [0.2, 0.25) is 5.15 Å². The molecule has 0 aliphatic carbocycles. The SMILES string of the molecule is Cc1cccc(CNc2cc(Cl)nc3c(C#N)cnn23)c1. The molecule has 1 N–H and O–H groups in total. The number of hydrogen-bond acceptors (Lipinski definition) is 4. The van der Waals surface area contributed by atoms with Gasteiger partial charge in [-0.1, -0.05) is 41.4 Å². The van der Waals surface area contributed by atoms with Crippen LogP contribution in [0, 0.1) is 18.3 Å². The highest BCUT2D eigenvalue weighted by Gasteiger charge is 2.10. The molecular weight excluding hydrogens is 286 g/mol. The number of anilines is 1. The predicted octanol–water partition coefficient (Wildman–Crippen LogP) is 3.17. The number of nitrogens with one attached hydrogen (secondary N) is 1. The van der Waals surface area contributed by atoms with E-state index in [-0.39, 0.29) is 0 Å². The van der Waals surface area contributed by atoms with Gasteiger partial charge in [0.1, 0.15) is 22.6 Å². The fraction of sp³-hybridized carbons (Fsp3) is 0.133. The van der Waals surface area contributed by atoms with E-state index in [1.165, 1.54) is 11.8 Å². The van der Waals surface area contributed by atoms with E-state index in [9.17, 15) is 0 Å². The van der Waals surface area contributed by atoms with Crippen LogP contribution in [0.5, 0.6) is 0 Å². The van der Waals surface area contributed by atoms with E-state index in [1.54, 1.807) is 10.6 Å². The topological polar surface area (TPSA) is 66.0 Å². The monoisotopic (exact) mass is 297 g/mol. The fourth-order valence-electron chi connectivity index (χ4n) is 2.15. The lowest BCUT2D eigenvalue weighted by molar-refractivity contribution is 0.925. The van der Waals surface area contributed by atoms with Gasteiger partial charge in [-0.05, 0) is 12.5 Å². The van der Waals surface area contributed by atoms with Crippen molar-refractivity contribution in [2.24, 2.45) is 0 Å². The molecule has 2 heterocycles. The van der Waals surface area contributed by atoms with Crippen LogP contribution in [0.25, 0.3) is 5.65 Å². The van der Waals surface area contributed by atoms with E-state index >= 15 is 0 Å². The molecule has 0 atom stereocenters. The molecule has 1 aromatic carbocycles. The Labute approximate surface area is 126 Å².